The van der Waals surface area contributed by atoms with E-state index in [-0.39, 0.29) is 6.04 Å². The monoisotopic (exact) mass is 288 g/mol. The van der Waals surface area contributed by atoms with E-state index in [9.17, 15) is 4.79 Å². The fraction of sp³-hybridized carbons (Fsp3) is 0.500. The maximum Gasteiger partial charge on any atom is 0.164 e. The number of Topliss-reactive ketones (excluding diaryl/α,β-unsaturated/α-hetero) is 1. The van der Waals surface area contributed by atoms with E-state index in [0.29, 0.717) is 12.2 Å². The molecule has 106 valence electrons. The number of ketones is 1. The first kappa shape index (κ1) is 13.6. The summed E-state index contributed by atoms with van der Waals surface area (Å²) in [4.78, 5) is 17.9. The Morgan fingerprint density at radius 1 is 1.45 bits per heavy atom. The predicted octanol–water partition coefficient (Wildman–Crippen LogP) is 3.94. The Kier molecular flexibility index (Phi) is 3.50. The number of rotatable bonds is 3. The van der Waals surface area contributed by atoms with E-state index < -0.39 is 0 Å². The molecule has 1 atom stereocenters. The highest BCUT2D eigenvalue weighted by molar-refractivity contribution is 7.11. The Labute approximate surface area is 123 Å². The zero-order chi connectivity index (χ0) is 14.3. The van der Waals surface area contributed by atoms with Gasteiger partial charge in [0, 0.05) is 34.4 Å². The minimum Gasteiger partial charge on any atom is -0.339 e. The van der Waals surface area contributed by atoms with E-state index in [1.54, 1.807) is 11.3 Å². The SMILES string of the molecule is CCc1cnc(C(C)n2c(C)cc3c2CCCC3=O)s1. The molecule has 0 fully saturated rings. The van der Waals surface area contributed by atoms with E-state index in [4.69, 9.17) is 0 Å². The molecule has 0 saturated carbocycles. The molecule has 0 saturated heterocycles. The second-order valence-electron chi connectivity index (χ2n) is 5.49. The van der Waals surface area contributed by atoms with Crippen molar-refractivity contribution >= 4 is 17.1 Å². The van der Waals surface area contributed by atoms with Crippen LogP contribution in [-0.4, -0.2) is 15.3 Å². The highest BCUT2D eigenvalue weighted by Crippen LogP contribution is 2.32. The first-order chi connectivity index (χ1) is 9.61. The Balaban J connectivity index is 2.03. The largest absolute Gasteiger partial charge is 0.339 e. The lowest BCUT2D eigenvalue weighted by Gasteiger charge is -2.20. The van der Waals surface area contributed by atoms with Crippen molar-refractivity contribution in [2.24, 2.45) is 0 Å². The molecular formula is C16H20N2OS. The van der Waals surface area contributed by atoms with Crippen LogP contribution in [0.15, 0.2) is 12.3 Å². The van der Waals surface area contributed by atoms with E-state index in [2.05, 4.69) is 36.4 Å². The summed E-state index contributed by atoms with van der Waals surface area (Å²) in [6.45, 7) is 6.43. The molecule has 0 spiro atoms. The van der Waals surface area contributed by atoms with Gasteiger partial charge in [0.05, 0.1) is 6.04 Å². The second-order valence-corrected chi connectivity index (χ2v) is 6.63. The van der Waals surface area contributed by atoms with Crippen molar-refractivity contribution in [2.45, 2.75) is 52.5 Å². The average molecular weight is 288 g/mol. The number of aromatic nitrogens is 2. The number of nitrogens with zero attached hydrogens (tertiary/aromatic N) is 2. The lowest BCUT2D eigenvalue weighted by molar-refractivity contribution is 0.0971. The van der Waals surface area contributed by atoms with Crippen molar-refractivity contribution in [1.29, 1.82) is 0 Å². The number of carbonyl (C=O) groups is 1. The Hall–Kier alpha value is -1.42. The summed E-state index contributed by atoms with van der Waals surface area (Å²) in [5, 5.41) is 1.14. The first-order valence-electron chi connectivity index (χ1n) is 7.30. The molecule has 0 amide bonds. The number of aryl methyl sites for hydroxylation is 2. The molecule has 2 aromatic rings. The molecule has 0 radical (unpaired) electrons. The molecule has 2 heterocycles. The number of hydrogen-bond donors (Lipinski definition) is 0. The normalized spacial score (nSPS) is 16.2. The lowest BCUT2D eigenvalue weighted by Crippen LogP contribution is -2.16. The van der Waals surface area contributed by atoms with Crippen molar-refractivity contribution in [2.75, 3.05) is 0 Å². The molecule has 3 rings (SSSR count). The maximum absolute atomic E-state index is 12.0. The van der Waals surface area contributed by atoms with Crippen LogP contribution >= 0.6 is 11.3 Å². The van der Waals surface area contributed by atoms with Gasteiger partial charge in [-0.1, -0.05) is 6.92 Å². The summed E-state index contributed by atoms with van der Waals surface area (Å²) < 4.78 is 2.31. The number of carbonyl (C=O) groups excluding carboxylic acids is 1. The molecule has 2 aromatic heterocycles. The zero-order valence-electron chi connectivity index (χ0n) is 12.3. The summed E-state index contributed by atoms with van der Waals surface area (Å²) in [7, 11) is 0. The van der Waals surface area contributed by atoms with Crippen LogP contribution in [0.4, 0.5) is 0 Å². The van der Waals surface area contributed by atoms with Crippen LogP contribution in [0.5, 0.6) is 0 Å². The summed E-state index contributed by atoms with van der Waals surface area (Å²) in [6, 6.07) is 2.27. The number of hydrogen-bond acceptors (Lipinski definition) is 3. The fourth-order valence-corrected chi connectivity index (χ4v) is 3.98. The van der Waals surface area contributed by atoms with Gasteiger partial charge in [0.25, 0.3) is 0 Å². The topological polar surface area (TPSA) is 34.9 Å². The molecule has 3 nitrogen and oxygen atoms in total. The summed E-state index contributed by atoms with van der Waals surface area (Å²) in [5.41, 5.74) is 3.32. The van der Waals surface area contributed by atoms with Crippen LogP contribution < -0.4 is 0 Å². The Morgan fingerprint density at radius 2 is 2.25 bits per heavy atom. The van der Waals surface area contributed by atoms with Crippen LogP contribution in [0.1, 0.15) is 64.4 Å². The fourth-order valence-electron chi connectivity index (χ4n) is 3.08. The highest BCUT2D eigenvalue weighted by Gasteiger charge is 2.26. The van der Waals surface area contributed by atoms with Gasteiger partial charge in [0.1, 0.15) is 5.01 Å². The summed E-state index contributed by atoms with van der Waals surface area (Å²) in [6.07, 6.45) is 5.69. The molecule has 20 heavy (non-hydrogen) atoms. The summed E-state index contributed by atoms with van der Waals surface area (Å²) >= 11 is 1.78. The molecule has 1 aliphatic rings. The van der Waals surface area contributed by atoms with Crippen molar-refractivity contribution in [3.05, 3.63) is 39.1 Å². The minimum atomic E-state index is 0.218. The van der Waals surface area contributed by atoms with Gasteiger partial charge in [0.2, 0.25) is 0 Å². The van der Waals surface area contributed by atoms with Crippen LogP contribution in [0.25, 0.3) is 0 Å². The third kappa shape index (κ3) is 2.12. The van der Waals surface area contributed by atoms with Crippen LogP contribution in [0.2, 0.25) is 0 Å². The third-order valence-electron chi connectivity index (χ3n) is 4.12. The maximum atomic E-state index is 12.0. The predicted molar refractivity (Wildman–Crippen MR) is 81.7 cm³/mol. The van der Waals surface area contributed by atoms with E-state index in [1.807, 2.05) is 6.20 Å². The second kappa shape index (κ2) is 5.17. The summed E-state index contributed by atoms with van der Waals surface area (Å²) in [5.74, 6) is 0.300. The lowest BCUT2D eigenvalue weighted by atomic mass is 9.96. The van der Waals surface area contributed by atoms with Gasteiger partial charge in [-0.15, -0.1) is 11.3 Å². The molecule has 0 aromatic carbocycles. The Bertz CT molecular complexity index is 653. The van der Waals surface area contributed by atoms with Crippen molar-refractivity contribution in [3.8, 4) is 0 Å². The first-order valence-corrected chi connectivity index (χ1v) is 8.12. The van der Waals surface area contributed by atoms with Gasteiger partial charge in [-0.05, 0) is 39.2 Å². The van der Waals surface area contributed by atoms with Gasteiger partial charge >= 0.3 is 0 Å². The molecule has 1 unspecified atom stereocenters. The van der Waals surface area contributed by atoms with Gasteiger partial charge in [-0.25, -0.2) is 4.98 Å². The van der Waals surface area contributed by atoms with Crippen molar-refractivity contribution in [1.82, 2.24) is 9.55 Å². The molecule has 0 bridgehead atoms. The highest BCUT2D eigenvalue weighted by atomic mass is 32.1. The van der Waals surface area contributed by atoms with E-state index in [0.717, 1.165) is 29.8 Å². The van der Waals surface area contributed by atoms with E-state index in [1.165, 1.54) is 16.3 Å². The van der Waals surface area contributed by atoms with Gasteiger partial charge in [-0.2, -0.15) is 0 Å². The number of fused-ring (bicyclic) bond motifs is 1. The molecule has 1 aliphatic carbocycles. The smallest absolute Gasteiger partial charge is 0.164 e. The molecule has 4 heteroatoms. The Morgan fingerprint density at radius 3 is 2.95 bits per heavy atom. The van der Waals surface area contributed by atoms with Gasteiger partial charge < -0.3 is 4.57 Å². The molecule has 0 aliphatic heterocycles. The van der Waals surface area contributed by atoms with Crippen molar-refractivity contribution in [3.63, 3.8) is 0 Å². The van der Waals surface area contributed by atoms with Gasteiger partial charge in [-0.3, -0.25) is 4.79 Å². The zero-order valence-corrected chi connectivity index (χ0v) is 13.1. The third-order valence-corrected chi connectivity index (χ3v) is 5.43. The van der Waals surface area contributed by atoms with Gasteiger partial charge in [0.15, 0.2) is 5.78 Å². The molecule has 0 N–H and O–H groups in total. The number of thiazole rings is 1. The van der Waals surface area contributed by atoms with E-state index >= 15 is 0 Å². The van der Waals surface area contributed by atoms with Crippen LogP contribution in [-0.2, 0) is 12.8 Å². The van der Waals surface area contributed by atoms with Crippen LogP contribution in [0.3, 0.4) is 0 Å². The molecular weight excluding hydrogens is 268 g/mol. The van der Waals surface area contributed by atoms with Crippen LogP contribution in [0, 0.1) is 6.92 Å². The average Bonchev–Trinajstić information content (AvgIpc) is 3.03. The standard InChI is InChI=1S/C16H20N2OS/c1-4-12-9-17-16(20-12)11(3)18-10(2)8-13-14(18)6-5-7-15(13)19/h8-9,11H,4-7H2,1-3H3. The quantitative estimate of drug-likeness (QED) is 0.857. The van der Waals surface area contributed by atoms with Crippen molar-refractivity contribution < 1.29 is 4.79 Å². The minimum absolute atomic E-state index is 0.218.